The predicted molar refractivity (Wildman–Crippen MR) is 82.9 cm³/mol. The van der Waals surface area contributed by atoms with E-state index in [-0.39, 0.29) is 5.69 Å². The molecule has 1 heterocycles. The Kier molecular flexibility index (Phi) is 3.23. The first kappa shape index (κ1) is 13.1. The molecular formula is C16H13N3O2. The second-order valence-corrected chi connectivity index (χ2v) is 4.77. The summed E-state index contributed by atoms with van der Waals surface area (Å²) < 4.78 is 0. The Balaban J connectivity index is 2.03. The number of anilines is 2. The summed E-state index contributed by atoms with van der Waals surface area (Å²) in [6.45, 7) is 1.92. The average molecular weight is 279 g/mol. The fourth-order valence-electron chi connectivity index (χ4n) is 2.23. The van der Waals surface area contributed by atoms with Crippen molar-refractivity contribution in [2.45, 2.75) is 6.92 Å². The van der Waals surface area contributed by atoms with Gasteiger partial charge in [-0.05, 0) is 36.8 Å². The normalized spacial score (nSPS) is 10.5. The Hall–Kier alpha value is -2.95. The fourth-order valence-corrected chi connectivity index (χ4v) is 2.23. The van der Waals surface area contributed by atoms with Gasteiger partial charge in [0.05, 0.1) is 10.4 Å². The summed E-state index contributed by atoms with van der Waals surface area (Å²) in [7, 11) is 0. The monoisotopic (exact) mass is 279 g/mol. The lowest BCUT2D eigenvalue weighted by Gasteiger charge is -2.09. The molecule has 104 valence electrons. The topological polar surface area (TPSA) is 68.1 Å². The number of hydrogen-bond acceptors (Lipinski definition) is 4. The minimum atomic E-state index is -0.394. The lowest BCUT2D eigenvalue weighted by atomic mass is 10.1. The molecule has 0 saturated heterocycles. The second kappa shape index (κ2) is 5.20. The zero-order valence-electron chi connectivity index (χ0n) is 11.4. The predicted octanol–water partition coefficient (Wildman–Crippen LogP) is 4.20. The van der Waals surface area contributed by atoms with Gasteiger partial charge in [-0.3, -0.25) is 10.1 Å². The third-order valence-corrected chi connectivity index (χ3v) is 3.26. The van der Waals surface area contributed by atoms with Crippen LogP contribution in [0, 0.1) is 17.0 Å². The van der Waals surface area contributed by atoms with E-state index in [4.69, 9.17) is 0 Å². The number of non-ortho nitro benzene ring substituents is 1. The minimum absolute atomic E-state index is 0.0798. The van der Waals surface area contributed by atoms with E-state index in [2.05, 4.69) is 10.3 Å². The van der Waals surface area contributed by atoms with E-state index in [0.29, 0.717) is 0 Å². The summed E-state index contributed by atoms with van der Waals surface area (Å²) in [5.41, 5.74) is 2.71. The Labute approximate surface area is 121 Å². The van der Waals surface area contributed by atoms with Gasteiger partial charge in [0, 0.05) is 23.2 Å². The van der Waals surface area contributed by atoms with E-state index in [1.54, 1.807) is 12.1 Å². The van der Waals surface area contributed by atoms with Gasteiger partial charge in [0.2, 0.25) is 0 Å². The lowest BCUT2D eigenvalue weighted by Crippen LogP contribution is -1.96. The van der Waals surface area contributed by atoms with Gasteiger partial charge in [0.1, 0.15) is 5.82 Å². The van der Waals surface area contributed by atoms with Gasteiger partial charge in [-0.25, -0.2) is 4.98 Å². The molecule has 0 amide bonds. The molecule has 0 bridgehead atoms. The average Bonchev–Trinajstić information content (AvgIpc) is 2.48. The van der Waals surface area contributed by atoms with Crippen molar-refractivity contribution in [3.05, 3.63) is 70.3 Å². The maximum Gasteiger partial charge on any atom is 0.270 e. The standard InChI is InChI=1S/C16H13N3O2/c1-11-9-16(17-12-5-3-2-4-6-12)18-15-8-7-13(19(20)21)10-14(11)15/h2-10H,1H3,(H,17,18). The first-order valence-electron chi connectivity index (χ1n) is 6.51. The summed E-state index contributed by atoms with van der Waals surface area (Å²) in [6.07, 6.45) is 0. The van der Waals surface area contributed by atoms with Gasteiger partial charge in [-0.2, -0.15) is 0 Å². The van der Waals surface area contributed by atoms with Crippen LogP contribution in [0.25, 0.3) is 10.9 Å². The van der Waals surface area contributed by atoms with E-state index in [1.165, 1.54) is 6.07 Å². The number of pyridine rings is 1. The molecule has 0 aliphatic rings. The summed E-state index contributed by atoms with van der Waals surface area (Å²) in [4.78, 5) is 14.9. The van der Waals surface area contributed by atoms with E-state index in [9.17, 15) is 10.1 Å². The molecule has 0 unspecified atom stereocenters. The maximum atomic E-state index is 10.8. The number of nitro groups is 1. The molecule has 0 radical (unpaired) electrons. The van der Waals surface area contributed by atoms with Crippen molar-refractivity contribution in [2.24, 2.45) is 0 Å². The van der Waals surface area contributed by atoms with Crippen LogP contribution in [0.1, 0.15) is 5.56 Å². The highest BCUT2D eigenvalue weighted by atomic mass is 16.6. The van der Waals surface area contributed by atoms with Crippen LogP contribution in [0.5, 0.6) is 0 Å². The first-order valence-corrected chi connectivity index (χ1v) is 6.51. The highest BCUT2D eigenvalue weighted by Crippen LogP contribution is 2.25. The number of nitrogens with zero attached hydrogens (tertiary/aromatic N) is 2. The zero-order chi connectivity index (χ0) is 14.8. The molecule has 2 aromatic carbocycles. The maximum absolute atomic E-state index is 10.8. The molecule has 0 saturated carbocycles. The van der Waals surface area contributed by atoms with Gasteiger partial charge in [-0.15, -0.1) is 0 Å². The molecule has 1 N–H and O–H groups in total. The molecular weight excluding hydrogens is 266 g/mol. The minimum Gasteiger partial charge on any atom is -0.340 e. The van der Waals surface area contributed by atoms with Crippen LogP contribution in [0.15, 0.2) is 54.6 Å². The Morgan fingerprint density at radius 2 is 1.86 bits per heavy atom. The number of rotatable bonds is 3. The van der Waals surface area contributed by atoms with Crippen molar-refractivity contribution in [1.29, 1.82) is 0 Å². The lowest BCUT2D eigenvalue weighted by molar-refractivity contribution is -0.384. The van der Waals surface area contributed by atoms with E-state index >= 15 is 0 Å². The third-order valence-electron chi connectivity index (χ3n) is 3.26. The molecule has 0 spiro atoms. The highest BCUT2D eigenvalue weighted by Gasteiger charge is 2.09. The van der Waals surface area contributed by atoms with Crippen LogP contribution in [-0.2, 0) is 0 Å². The van der Waals surface area contributed by atoms with Gasteiger partial charge in [0.25, 0.3) is 5.69 Å². The van der Waals surface area contributed by atoms with Crippen LogP contribution in [-0.4, -0.2) is 9.91 Å². The quantitative estimate of drug-likeness (QED) is 0.576. The molecule has 0 fully saturated rings. The molecule has 3 rings (SSSR count). The molecule has 5 heteroatoms. The number of nitro benzene ring substituents is 1. The van der Waals surface area contributed by atoms with E-state index in [0.717, 1.165) is 28.0 Å². The third kappa shape index (κ3) is 2.67. The largest absolute Gasteiger partial charge is 0.340 e. The van der Waals surface area contributed by atoms with Gasteiger partial charge in [0.15, 0.2) is 0 Å². The molecule has 21 heavy (non-hydrogen) atoms. The second-order valence-electron chi connectivity index (χ2n) is 4.77. The molecule has 1 aromatic heterocycles. The summed E-state index contributed by atoms with van der Waals surface area (Å²) in [5.74, 6) is 0.722. The van der Waals surface area contributed by atoms with Crippen LogP contribution in [0.2, 0.25) is 0 Å². The smallest absolute Gasteiger partial charge is 0.270 e. The number of nitrogens with one attached hydrogen (secondary N) is 1. The summed E-state index contributed by atoms with van der Waals surface area (Å²) in [5, 5.41) is 14.9. The van der Waals surface area contributed by atoms with Crippen molar-refractivity contribution in [2.75, 3.05) is 5.32 Å². The van der Waals surface area contributed by atoms with Crippen molar-refractivity contribution in [3.8, 4) is 0 Å². The number of fused-ring (bicyclic) bond motifs is 1. The number of benzene rings is 2. The van der Waals surface area contributed by atoms with Crippen LogP contribution >= 0.6 is 0 Å². The van der Waals surface area contributed by atoms with Gasteiger partial charge in [-0.1, -0.05) is 18.2 Å². The van der Waals surface area contributed by atoms with Gasteiger partial charge >= 0.3 is 0 Å². The van der Waals surface area contributed by atoms with Crippen LogP contribution in [0.3, 0.4) is 0 Å². The highest BCUT2D eigenvalue weighted by molar-refractivity contribution is 5.86. The molecule has 0 atom stereocenters. The molecule has 3 aromatic rings. The van der Waals surface area contributed by atoms with Gasteiger partial charge < -0.3 is 5.32 Å². The number of para-hydroxylation sites is 1. The van der Waals surface area contributed by atoms with Crippen molar-refractivity contribution in [1.82, 2.24) is 4.98 Å². The van der Waals surface area contributed by atoms with Crippen LogP contribution in [0.4, 0.5) is 17.2 Å². The summed E-state index contributed by atoms with van der Waals surface area (Å²) >= 11 is 0. The Bertz CT molecular complexity index is 816. The van der Waals surface area contributed by atoms with Crippen molar-refractivity contribution in [3.63, 3.8) is 0 Å². The zero-order valence-corrected chi connectivity index (χ0v) is 11.4. The Morgan fingerprint density at radius 1 is 1.10 bits per heavy atom. The molecule has 0 aliphatic carbocycles. The van der Waals surface area contributed by atoms with Crippen molar-refractivity contribution < 1.29 is 4.92 Å². The SMILES string of the molecule is Cc1cc(Nc2ccccc2)nc2ccc([N+](=O)[O-])cc12. The number of hydrogen-bond donors (Lipinski definition) is 1. The Morgan fingerprint density at radius 3 is 2.57 bits per heavy atom. The summed E-state index contributed by atoms with van der Waals surface area (Å²) in [6, 6.07) is 16.3. The first-order chi connectivity index (χ1) is 10.1. The number of aromatic nitrogens is 1. The molecule has 0 aliphatic heterocycles. The number of aryl methyl sites for hydroxylation is 1. The van der Waals surface area contributed by atoms with E-state index in [1.807, 2.05) is 43.3 Å². The van der Waals surface area contributed by atoms with E-state index < -0.39 is 4.92 Å². The van der Waals surface area contributed by atoms with Crippen LogP contribution < -0.4 is 5.32 Å². The fraction of sp³-hybridized carbons (Fsp3) is 0.0625. The molecule has 5 nitrogen and oxygen atoms in total. The van der Waals surface area contributed by atoms with Crippen molar-refractivity contribution >= 4 is 28.1 Å².